The Hall–Kier alpha value is -1.03. The highest BCUT2D eigenvalue weighted by atomic mass is 79.9. The quantitative estimate of drug-likeness (QED) is 0.851. The lowest BCUT2D eigenvalue weighted by molar-refractivity contribution is 0.340. The van der Waals surface area contributed by atoms with Gasteiger partial charge in [-0.1, -0.05) is 39.7 Å². The van der Waals surface area contributed by atoms with Crippen LogP contribution in [0.2, 0.25) is 5.02 Å². The summed E-state index contributed by atoms with van der Waals surface area (Å²) in [6.45, 7) is 4.63. The van der Waals surface area contributed by atoms with Crippen LogP contribution in [0.4, 0.5) is 0 Å². The highest BCUT2D eigenvalue weighted by Crippen LogP contribution is 2.32. The summed E-state index contributed by atoms with van der Waals surface area (Å²) in [4.78, 5) is 0. The van der Waals surface area contributed by atoms with Crippen molar-refractivity contribution in [1.82, 2.24) is 0 Å². The molecule has 2 rings (SSSR count). The number of nitrogens with two attached hydrogens (primary N) is 1. The molecule has 4 heteroatoms. The van der Waals surface area contributed by atoms with Crippen LogP contribution in [0.15, 0.2) is 40.9 Å². The van der Waals surface area contributed by atoms with Gasteiger partial charge in [-0.15, -0.1) is 0 Å². The number of ether oxygens (including phenoxy) is 1. The Morgan fingerprint density at radius 1 is 1.20 bits per heavy atom. The van der Waals surface area contributed by atoms with E-state index in [-0.39, 0.29) is 6.04 Å². The van der Waals surface area contributed by atoms with Crippen LogP contribution < -0.4 is 10.5 Å². The van der Waals surface area contributed by atoms with Gasteiger partial charge in [-0.3, -0.25) is 0 Å². The van der Waals surface area contributed by atoms with Gasteiger partial charge in [0, 0.05) is 9.50 Å². The third kappa shape index (κ3) is 3.35. The SMILES string of the molecule is CCOc1ccc(C(N)c2ccc(Cl)cc2C)c(Br)c1. The second-order valence-electron chi connectivity index (χ2n) is 4.59. The predicted octanol–water partition coefficient (Wildman–Crippen LogP) is 4.86. The number of rotatable bonds is 4. The van der Waals surface area contributed by atoms with Gasteiger partial charge in [0.05, 0.1) is 12.6 Å². The fourth-order valence-corrected chi connectivity index (χ4v) is 3.00. The zero-order valence-electron chi connectivity index (χ0n) is 11.5. The Bertz CT molecular complexity index is 615. The van der Waals surface area contributed by atoms with Gasteiger partial charge in [-0.2, -0.15) is 0 Å². The maximum Gasteiger partial charge on any atom is 0.120 e. The summed E-state index contributed by atoms with van der Waals surface area (Å²) < 4.78 is 6.43. The molecule has 0 aliphatic carbocycles. The van der Waals surface area contributed by atoms with Gasteiger partial charge in [0.1, 0.15) is 5.75 Å². The van der Waals surface area contributed by atoms with Crippen molar-refractivity contribution in [2.24, 2.45) is 5.73 Å². The van der Waals surface area contributed by atoms with Gasteiger partial charge < -0.3 is 10.5 Å². The molecule has 0 aromatic heterocycles. The molecule has 0 radical (unpaired) electrons. The molecule has 2 nitrogen and oxygen atoms in total. The van der Waals surface area contributed by atoms with E-state index in [0.29, 0.717) is 6.61 Å². The zero-order valence-corrected chi connectivity index (χ0v) is 13.8. The van der Waals surface area contributed by atoms with E-state index in [9.17, 15) is 0 Å². The summed E-state index contributed by atoms with van der Waals surface area (Å²) >= 11 is 9.56. The van der Waals surface area contributed by atoms with Crippen molar-refractivity contribution in [3.05, 3.63) is 62.6 Å². The fourth-order valence-electron chi connectivity index (χ4n) is 2.17. The minimum atomic E-state index is -0.197. The summed E-state index contributed by atoms with van der Waals surface area (Å²) in [6.07, 6.45) is 0. The van der Waals surface area contributed by atoms with Crippen molar-refractivity contribution in [1.29, 1.82) is 0 Å². The topological polar surface area (TPSA) is 35.2 Å². The molecule has 2 aromatic rings. The summed E-state index contributed by atoms with van der Waals surface area (Å²) in [7, 11) is 0. The number of benzene rings is 2. The second kappa shape index (κ2) is 6.61. The lowest BCUT2D eigenvalue weighted by Gasteiger charge is -2.17. The van der Waals surface area contributed by atoms with Crippen molar-refractivity contribution < 1.29 is 4.74 Å². The first-order chi connectivity index (χ1) is 9.52. The summed E-state index contributed by atoms with van der Waals surface area (Å²) in [6, 6.07) is 11.5. The molecule has 0 heterocycles. The van der Waals surface area contributed by atoms with Gasteiger partial charge in [0.2, 0.25) is 0 Å². The highest BCUT2D eigenvalue weighted by Gasteiger charge is 2.15. The van der Waals surface area contributed by atoms with Gasteiger partial charge in [0.25, 0.3) is 0 Å². The highest BCUT2D eigenvalue weighted by molar-refractivity contribution is 9.10. The Morgan fingerprint density at radius 2 is 1.90 bits per heavy atom. The van der Waals surface area contributed by atoms with Crippen LogP contribution in [0.3, 0.4) is 0 Å². The van der Waals surface area contributed by atoms with Gasteiger partial charge in [-0.25, -0.2) is 0 Å². The second-order valence-corrected chi connectivity index (χ2v) is 5.89. The third-order valence-corrected chi connectivity index (χ3v) is 4.11. The Labute approximate surface area is 133 Å². The van der Waals surface area contributed by atoms with Crippen LogP contribution in [0.5, 0.6) is 5.75 Å². The fraction of sp³-hybridized carbons (Fsp3) is 0.250. The van der Waals surface area contributed by atoms with Gasteiger partial charge >= 0.3 is 0 Å². The number of hydrogen-bond acceptors (Lipinski definition) is 2. The minimum Gasteiger partial charge on any atom is -0.494 e. The number of hydrogen-bond donors (Lipinski definition) is 1. The molecule has 1 unspecified atom stereocenters. The summed E-state index contributed by atoms with van der Waals surface area (Å²) in [5.41, 5.74) is 9.56. The molecule has 20 heavy (non-hydrogen) atoms. The normalized spacial score (nSPS) is 12.2. The van der Waals surface area contributed by atoms with E-state index in [1.165, 1.54) is 0 Å². The predicted molar refractivity (Wildman–Crippen MR) is 87.5 cm³/mol. The third-order valence-electron chi connectivity index (χ3n) is 3.18. The van der Waals surface area contributed by atoms with Gasteiger partial charge in [-0.05, 0) is 54.8 Å². The van der Waals surface area contributed by atoms with Crippen LogP contribution in [-0.2, 0) is 0 Å². The Morgan fingerprint density at radius 3 is 2.50 bits per heavy atom. The van der Waals surface area contributed by atoms with E-state index in [0.717, 1.165) is 31.9 Å². The van der Waals surface area contributed by atoms with Crippen LogP contribution in [0, 0.1) is 6.92 Å². The van der Waals surface area contributed by atoms with Gasteiger partial charge in [0.15, 0.2) is 0 Å². The van der Waals surface area contributed by atoms with E-state index in [1.807, 2.05) is 50.2 Å². The number of aryl methyl sites for hydroxylation is 1. The van der Waals surface area contributed by atoms with E-state index < -0.39 is 0 Å². The van der Waals surface area contributed by atoms with E-state index >= 15 is 0 Å². The molecule has 0 fully saturated rings. The molecule has 0 aliphatic heterocycles. The molecular formula is C16H17BrClNO. The Kier molecular flexibility index (Phi) is 5.08. The number of halogens is 2. The molecule has 0 aliphatic rings. The molecule has 0 bridgehead atoms. The van der Waals surface area contributed by atoms with E-state index in [2.05, 4.69) is 15.9 Å². The molecule has 0 saturated carbocycles. The standard InChI is InChI=1S/C16H17BrClNO/c1-3-20-12-5-7-14(15(17)9-12)16(19)13-6-4-11(18)8-10(13)2/h4-9,16H,3,19H2,1-2H3. The molecule has 1 atom stereocenters. The first kappa shape index (κ1) is 15.4. The smallest absolute Gasteiger partial charge is 0.120 e. The Balaban J connectivity index is 2.35. The van der Waals surface area contributed by atoms with Crippen LogP contribution >= 0.6 is 27.5 Å². The van der Waals surface area contributed by atoms with Crippen molar-refractivity contribution in [3.63, 3.8) is 0 Å². The average molecular weight is 355 g/mol. The van der Waals surface area contributed by atoms with Crippen molar-refractivity contribution >= 4 is 27.5 Å². The molecule has 106 valence electrons. The van der Waals surface area contributed by atoms with Crippen molar-refractivity contribution in [2.75, 3.05) is 6.61 Å². The lowest BCUT2D eigenvalue weighted by Crippen LogP contribution is -2.14. The zero-order chi connectivity index (χ0) is 14.7. The van der Waals surface area contributed by atoms with E-state index in [1.54, 1.807) is 0 Å². The average Bonchev–Trinajstić information content (AvgIpc) is 2.38. The maximum absolute atomic E-state index is 6.38. The molecular weight excluding hydrogens is 338 g/mol. The van der Waals surface area contributed by atoms with Crippen molar-refractivity contribution in [2.45, 2.75) is 19.9 Å². The largest absolute Gasteiger partial charge is 0.494 e. The molecule has 0 spiro atoms. The minimum absolute atomic E-state index is 0.197. The summed E-state index contributed by atoms with van der Waals surface area (Å²) in [5, 5.41) is 0.726. The molecule has 0 amide bonds. The molecule has 2 N–H and O–H groups in total. The molecule has 0 saturated heterocycles. The van der Waals surface area contributed by atoms with E-state index in [4.69, 9.17) is 22.1 Å². The van der Waals surface area contributed by atoms with Crippen LogP contribution in [0.25, 0.3) is 0 Å². The maximum atomic E-state index is 6.38. The van der Waals surface area contributed by atoms with Crippen molar-refractivity contribution in [3.8, 4) is 5.75 Å². The molecule has 2 aromatic carbocycles. The summed E-state index contributed by atoms with van der Waals surface area (Å²) in [5.74, 6) is 0.836. The first-order valence-corrected chi connectivity index (χ1v) is 7.64. The monoisotopic (exact) mass is 353 g/mol. The lowest BCUT2D eigenvalue weighted by atomic mass is 9.96. The first-order valence-electron chi connectivity index (χ1n) is 6.46. The van der Waals surface area contributed by atoms with Crippen LogP contribution in [0.1, 0.15) is 29.7 Å². The van der Waals surface area contributed by atoms with Crippen LogP contribution in [-0.4, -0.2) is 6.61 Å².